The second-order valence-corrected chi connectivity index (χ2v) is 8.29. The smallest absolute Gasteiger partial charge is 0.228 e. The van der Waals surface area contributed by atoms with E-state index in [0.717, 1.165) is 63.0 Å². The molecule has 1 aromatic heterocycles. The Morgan fingerprint density at radius 2 is 1.89 bits per heavy atom. The second kappa shape index (κ2) is 9.53. The molecule has 7 heteroatoms. The molecule has 2 heterocycles. The van der Waals surface area contributed by atoms with Crippen molar-refractivity contribution in [1.82, 2.24) is 25.3 Å². The van der Waals surface area contributed by atoms with Gasteiger partial charge in [-0.3, -0.25) is 9.89 Å². The summed E-state index contributed by atoms with van der Waals surface area (Å²) < 4.78 is 5.17. The monoisotopic (exact) mass is 376 g/mol. The molecule has 0 unspecified atom stereocenters. The molecule has 1 saturated carbocycles. The highest BCUT2D eigenvalue weighted by Gasteiger charge is 2.29. The quantitative estimate of drug-likeness (QED) is 0.628. The lowest BCUT2D eigenvalue weighted by Crippen LogP contribution is -2.55. The van der Waals surface area contributed by atoms with E-state index in [1.165, 1.54) is 25.7 Å². The number of nitrogens with zero attached hydrogens (tertiary/aromatic N) is 5. The molecule has 2 aliphatic rings. The van der Waals surface area contributed by atoms with Crippen molar-refractivity contribution in [2.45, 2.75) is 58.9 Å². The number of aliphatic imine (C=N–C) groups is 1. The van der Waals surface area contributed by atoms with Gasteiger partial charge in [0.15, 0.2) is 11.8 Å². The molecule has 0 atom stereocenters. The van der Waals surface area contributed by atoms with Crippen molar-refractivity contribution in [3.05, 3.63) is 11.7 Å². The highest BCUT2D eigenvalue weighted by atomic mass is 16.5. The summed E-state index contributed by atoms with van der Waals surface area (Å²) in [6.45, 7) is 11.7. The molecule has 3 rings (SSSR count). The zero-order valence-corrected chi connectivity index (χ0v) is 17.4. The fraction of sp³-hybridized carbons (Fsp3) is 0.850. The summed E-state index contributed by atoms with van der Waals surface area (Å²) in [5.41, 5.74) is 0. The molecule has 0 bridgehead atoms. The molecule has 1 N–H and O–H groups in total. The van der Waals surface area contributed by atoms with Gasteiger partial charge in [-0.25, -0.2) is 0 Å². The zero-order valence-electron chi connectivity index (χ0n) is 17.4. The predicted octanol–water partition coefficient (Wildman–Crippen LogP) is 2.33. The second-order valence-electron chi connectivity index (χ2n) is 8.29. The first-order valence-corrected chi connectivity index (χ1v) is 10.6. The fourth-order valence-electron chi connectivity index (χ4n) is 4.49. The topological polar surface area (TPSA) is 69.8 Å². The minimum atomic E-state index is 0.678. The molecule has 7 nitrogen and oxygen atoms in total. The van der Waals surface area contributed by atoms with Crippen LogP contribution in [0.4, 0.5) is 0 Å². The van der Waals surface area contributed by atoms with Crippen molar-refractivity contribution in [2.24, 2.45) is 16.8 Å². The SMILES string of the molecule is CN=C(NCCc1nc(C)no1)N1CCN(C2CCC(C(C)C)CC2)CC1. The van der Waals surface area contributed by atoms with Crippen molar-refractivity contribution < 1.29 is 4.52 Å². The average Bonchev–Trinajstić information content (AvgIpc) is 3.11. The van der Waals surface area contributed by atoms with E-state index >= 15 is 0 Å². The van der Waals surface area contributed by atoms with Gasteiger partial charge >= 0.3 is 0 Å². The van der Waals surface area contributed by atoms with Gasteiger partial charge in [-0.15, -0.1) is 0 Å². The maximum atomic E-state index is 5.17. The maximum absolute atomic E-state index is 5.17. The third kappa shape index (κ3) is 5.43. The van der Waals surface area contributed by atoms with Gasteiger partial charge in [0, 0.05) is 52.2 Å². The van der Waals surface area contributed by atoms with Crippen LogP contribution in [0.3, 0.4) is 0 Å². The Morgan fingerprint density at radius 1 is 1.19 bits per heavy atom. The van der Waals surface area contributed by atoms with Crippen LogP contribution in [0.1, 0.15) is 51.2 Å². The van der Waals surface area contributed by atoms with Gasteiger partial charge in [0.1, 0.15) is 0 Å². The van der Waals surface area contributed by atoms with Gasteiger partial charge < -0.3 is 14.7 Å². The Morgan fingerprint density at radius 3 is 2.44 bits per heavy atom. The number of hydrogen-bond donors (Lipinski definition) is 1. The Labute approximate surface area is 163 Å². The molecule has 1 aliphatic heterocycles. The molecule has 1 aromatic rings. The molecule has 1 saturated heterocycles. The maximum Gasteiger partial charge on any atom is 0.228 e. The van der Waals surface area contributed by atoms with Gasteiger partial charge in [0.25, 0.3) is 0 Å². The number of aryl methyl sites for hydroxylation is 1. The first kappa shape index (κ1) is 20.1. The van der Waals surface area contributed by atoms with E-state index in [0.29, 0.717) is 11.7 Å². The highest BCUT2D eigenvalue weighted by Crippen LogP contribution is 2.32. The van der Waals surface area contributed by atoms with Crippen LogP contribution < -0.4 is 5.32 Å². The van der Waals surface area contributed by atoms with Crippen molar-refractivity contribution in [1.29, 1.82) is 0 Å². The lowest BCUT2D eigenvalue weighted by atomic mass is 9.79. The van der Waals surface area contributed by atoms with Crippen LogP contribution in [0.25, 0.3) is 0 Å². The average molecular weight is 377 g/mol. The molecule has 1 aliphatic carbocycles. The minimum absolute atomic E-state index is 0.678. The van der Waals surface area contributed by atoms with Crippen LogP contribution in [0, 0.1) is 18.8 Å². The number of hydrogen-bond acceptors (Lipinski definition) is 5. The van der Waals surface area contributed by atoms with E-state index in [1.54, 1.807) is 0 Å². The van der Waals surface area contributed by atoms with Gasteiger partial charge in [-0.05, 0) is 44.4 Å². The predicted molar refractivity (Wildman–Crippen MR) is 108 cm³/mol. The summed E-state index contributed by atoms with van der Waals surface area (Å²) in [4.78, 5) is 13.8. The largest absolute Gasteiger partial charge is 0.356 e. The van der Waals surface area contributed by atoms with E-state index in [1.807, 2.05) is 14.0 Å². The Bertz CT molecular complexity index is 597. The van der Waals surface area contributed by atoms with Crippen molar-refractivity contribution in [3.63, 3.8) is 0 Å². The van der Waals surface area contributed by atoms with E-state index in [2.05, 4.69) is 44.1 Å². The third-order valence-corrected chi connectivity index (χ3v) is 6.22. The van der Waals surface area contributed by atoms with Gasteiger partial charge in [0.2, 0.25) is 5.89 Å². The van der Waals surface area contributed by atoms with E-state index < -0.39 is 0 Å². The summed E-state index contributed by atoms with van der Waals surface area (Å²) >= 11 is 0. The van der Waals surface area contributed by atoms with Gasteiger partial charge in [0.05, 0.1) is 0 Å². The van der Waals surface area contributed by atoms with E-state index in [9.17, 15) is 0 Å². The molecule has 0 spiro atoms. The number of guanidine groups is 1. The molecule has 27 heavy (non-hydrogen) atoms. The zero-order chi connectivity index (χ0) is 19.2. The minimum Gasteiger partial charge on any atom is -0.356 e. The van der Waals surface area contributed by atoms with Crippen LogP contribution in [0.2, 0.25) is 0 Å². The molecule has 0 aromatic carbocycles. The first-order chi connectivity index (χ1) is 13.1. The number of rotatable bonds is 5. The van der Waals surface area contributed by atoms with E-state index in [4.69, 9.17) is 4.52 Å². The van der Waals surface area contributed by atoms with Crippen molar-refractivity contribution >= 4 is 5.96 Å². The molecule has 0 radical (unpaired) electrons. The summed E-state index contributed by atoms with van der Waals surface area (Å²) in [5.74, 6) is 4.13. The lowest BCUT2D eigenvalue weighted by molar-refractivity contribution is 0.0864. The number of aromatic nitrogens is 2. The van der Waals surface area contributed by atoms with Crippen molar-refractivity contribution in [3.8, 4) is 0 Å². The van der Waals surface area contributed by atoms with E-state index in [-0.39, 0.29) is 0 Å². The van der Waals surface area contributed by atoms with Gasteiger partial charge in [-0.1, -0.05) is 19.0 Å². The number of piperazine rings is 1. The van der Waals surface area contributed by atoms with Crippen molar-refractivity contribution in [2.75, 3.05) is 39.8 Å². The molecule has 2 fully saturated rings. The van der Waals surface area contributed by atoms with Crippen LogP contribution in [0.5, 0.6) is 0 Å². The molecule has 152 valence electrons. The van der Waals surface area contributed by atoms with Crippen LogP contribution in [0.15, 0.2) is 9.52 Å². The fourth-order valence-corrected chi connectivity index (χ4v) is 4.49. The van der Waals surface area contributed by atoms with Gasteiger partial charge in [-0.2, -0.15) is 4.98 Å². The lowest BCUT2D eigenvalue weighted by Gasteiger charge is -2.43. The normalized spacial score (nSPS) is 25.2. The molecule has 0 amide bonds. The third-order valence-electron chi connectivity index (χ3n) is 6.22. The summed E-state index contributed by atoms with van der Waals surface area (Å²) in [6.07, 6.45) is 6.28. The summed E-state index contributed by atoms with van der Waals surface area (Å²) in [5, 5.41) is 7.27. The number of nitrogens with one attached hydrogen (secondary N) is 1. The first-order valence-electron chi connectivity index (χ1n) is 10.6. The summed E-state index contributed by atoms with van der Waals surface area (Å²) in [6, 6.07) is 0.790. The standard InChI is InChI=1S/C20H36N6O/c1-15(2)17-5-7-18(8-6-17)25-11-13-26(14-12-25)20(21-4)22-10-9-19-23-16(3)24-27-19/h15,17-18H,5-14H2,1-4H3,(H,21,22). The van der Waals surface area contributed by atoms with Crippen LogP contribution in [-0.2, 0) is 6.42 Å². The Hall–Kier alpha value is -1.63. The molecular formula is C20H36N6O. The Kier molecular flexibility index (Phi) is 7.10. The van der Waals surface area contributed by atoms with Crippen LogP contribution >= 0.6 is 0 Å². The Balaban J connectivity index is 1.39. The summed E-state index contributed by atoms with van der Waals surface area (Å²) in [7, 11) is 1.86. The van der Waals surface area contributed by atoms with Crippen LogP contribution in [-0.4, -0.2) is 71.7 Å². The molecular weight excluding hydrogens is 340 g/mol. The highest BCUT2D eigenvalue weighted by molar-refractivity contribution is 5.80.